The van der Waals surface area contributed by atoms with Gasteiger partial charge in [0.15, 0.2) is 0 Å². The molecule has 1 fully saturated rings. The fourth-order valence-corrected chi connectivity index (χ4v) is 6.30. The number of amides is 2. The summed E-state index contributed by atoms with van der Waals surface area (Å²) in [5.41, 5.74) is 4.97. The van der Waals surface area contributed by atoms with Crippen molar-refractivity contribution in [1.29, 1.82) is 0 Å². The molecule has 0 bridgehead atoms. The van der Waals surface area contributed by atoms with E-state index in [1.807, 2.05) is 49.4 Å². The lowest BCUT2D eigenvalue weighted by Gasteiger charge is -2.42. The molecule has 1 aliphatic carbocycles. The summed E-state index contributed by atoms with van der Waals surface area (Å²) in [5.74, 6) is -1.38. The number of rotatable bonds is 11. The number of nitrogens with one attached hydrogen (secondary N) is 1. The molecule has 2 N–H and O–H groups in total. The second-order valence-electron chi connectivity index (χ2n) is 11.4. The maximum Gasteiger partial charge on any atom is 0.407 e. The zero-order valence-electron chi connectivity index (χ0n) is 24.1. The van der Waals surface area contributed by atoms with Crippen molar-refractivity contribution in [1.82, 2.24) is 15.1 Å². The number of carbonyl (C=O) groups excluding carboxylic acids is 2. The van der Waals surface area contributed by atoms with Crippen molar-refractivity contribution < 1.29 is 24.2 Å². The highest BCUT2D eigenvalue weighted by atomic mass is 16.5. The van der Waals surface area contributed by atoms with Crippen molar-refractivity contribution in [2.24, 2.45) is 0 Å². The maximum absolute atomic E-state index is 13.4. The zero-order chi connectivity index (χ0) is 29.5. The molecule has 2 aliphatic rings. The predicted octanol–water partition coefficient (Wildman–Crippen LogP) is 5.27. The van der Waals surface area contributed by atoms with Crippen molar-refractivity contribution in [2.75, 3.05) is 32.8 Å². The summed E-state index contributed by atoms with van der Waals surface area (Å²) in [4.78, 5) is 41.9. The van der Waals surface area contributed by atoms with Gasteiger partial charge in [-0.1, -0.05) is 85.8 Å². The topological polar surface area (TPSA) is 99.2 Å². The molecular weight excluding hydrogens is 530 g/mol. The summed E-state index contributed by atoms with van der Waals surface area (Å²) in [6.45, 7) is 4.27. The Morgan fingerprint density at radius 1 is 0.929 bits per heavy atom. The van der Waals surface area contributed by atoms with Gasteiger partial charge in [0.2, 0.25) is 5.91 Å². The molecule has 0 saturated carbocycles. The van der Waals surface area contributed by atoms with E-state index in [0.29, 0.717) is 38.9 Å². The van der Waals surface area contributed by atoms with Gasteiger partial charge >= 0.3 is 12.1 Å². The third-order valence-electron chi connectivity index (χ3n) is 8.44. The lowest BCUT2D eigenvalue weighted by atomic mass is 9.83. The largest absolute Gasteiger partial charge is 0.480 e. The summed E-state index contributed by atoms with van der Waals surface area (Å²) in [6.07, 6.45) is 1.24. The summed E-state index contributed by atoms with van der Waals surface area (Å²) in [5, 5.41) is 12.5. The van der Waals surface area contributed by atoms with Crippen LogP contribution in [-0.4, -0.2) is 71.2 Å². The SMILES string of the molecule is CCCN(CC(=O)O)C(=O)CC1(NC(=O)OCC2c3ccccc3-c3ccccc32)CCN(Cc2ccccc2)CC1. The fourth-order valence-electron chi connectivity index (χ4n) is 6.30. The van der Waals surface area contributed by atoms with Gasteiger partial charge in [0, 0.05) is 32.1 Å². The number of ether oxygens (including phenoxy) is 1. The number of fused-ring (bicyclic) bond motifs is 3. The van der Waals surface area contributed by atoms with E-state index in [-0.39, 0.29) is 31.4 Å². The number of carboxylic acid groups (broad SMARTS) is 1. The van der Waals surface area contributed by atoms with Gasteiger partial charge < -0.3 is 20.1 Å². The molecule has 2 amide bonds. The predicted molar refractivity (Wildman–Crippen MR) is 161 cm³/mol. The molecule has 0 atom stereocenters. The monoisotopic (exact) mass is 569 g/mol. The van der Waals surface area contributed by atoms with Crippen LogP contribution in [0.15, 0.2) is 78.9 Å². The van der Waals surface area contributed by atoms with E-state index >= 15 is 0 Å². The highest BCUT2D eigenvalue weighted by Gasteiger charge is 2.40. The Hall–Kier alpha value is -4.17. The Morgan fingerprint density at radius 2 is 1.52 bits per heavy atom. The molecule has 8 nitrogen and oxygen atoms in total. The quantitative estimate of drug-likeness (QED) is 0.326. The lowest BCUT2D eigenvalue weighted by Crippen LogP contribution is -2.57. The van der Waals surface area contributed by atoms with Crippen LogP contribution < -0.4 is 5.32 Å². The van der Waals surface area contributed by atoms with E-state index in [2.05, 4.69) is 46.6 Å². The van der Waals surface area contributed by atoms with Gasteiger partial charge in [0.05, 0.1) is 12.0 Å². The minimum Gasteiger partial charge on any atom is -0.480 e. The van der Waals surface area contributed by atoms with Crippen molar-refractivity contribution in [3.63, 3.8) is 0 Å². The Labute approximate surface area is 247 Å². The average molecular weight is 570 g/mol. The molecule has 8 heteroatoms. The Morgan fingerprint density at radius 3 is 2.12 bits per heavy atom. The van der Waals surface area contributed by atoms with Crippen LogP contribution in [0.2, 0.25) is 0 Å². The molecule has 1 heterocycles. The second kappa shape index (κ2) is 13.2. The first kappa shape index (κ1) is 29.3. The van der Waals surface area contributed by atoms with Crippen LogP contribution in [0.4, 0.5) is 4.79 Å². The summed E-state index contributed by atoms with van der Waals surface area (Å²) in [7, 11) is 0. The van der Waals surface area contributed by atoms with Crippen LogP contribution in [0.25, 0.3) is 11.1 Å². The van der Waals surface area contributed by atoms with Crippen LogP contribution in [0.3, 0.4) is 0 Å². The molecule has 42 heavy (non-hydrogen) atoms. The Balaban J connectivity index is 1.28. The number of alkyl carbamates (subject to hydrolysis) is 1. The Kier molecular flexibility index (Phi) is 9.22. The molecule has 220 valence electrons. The maximum atomic E-state index is 13.4. The Bertz CT molecular complexity index is 1360. The molecular formula is C34H39N3O5. The number of carboxylic acids is 1. The first-order valence-corrected chi connectivity index (χ1v) is 14.8. The smallest absolute Gasteiger partial charge is 0.407 e. The van der Waals surface area contributed by atoms with Gasteiger partial charge in [-0.05, 0) is 47.1 Å². The number of piperidine rings is 1. The highest BCUT2D eigenvalue weighted by molar-refractivity contribution is 5.83. The van der Waals surface area contributed by atoms with Gasteiger partial charge in [-0.15, -0.1) is 0 Å². The van der Waals surface area contributed by atoms with Crippen LogP contribution in [0.5, 0.6) is 0 Å². The second-order valence-corrected chi connectivity index (χ2v) is 11.4. The molecule has 3 aromatic carbocycles. The van der Waals surface area contributed by atoms with E-state index in [1.54, 1.807) is 0 Å². The van der Waals surface area contributed by atoms with Crippen LogP contribution in [0.1, 0.15) is 55.2 Å². The fraction of sp³-hybridized carbons (Fsp3) is 0.382. The average Bonchev–Trinajstić information content (AvgIpc) is 3.31. The molecule has 0 radical (unpaired) electrons. The molecule has 0 aromatic heterocycles. The number of likely N-dealkylation sites (tertiary alicyclic amines) is 1. The number of hydrogen-bond donors (Lipinski definition) is 2. The molecule has 1 aliphatic heterocycles. The van der Waals surface area contributed by atoms with Crippen LogP contribution in [-0.2, 0) is 20.9 Å². The van der Waals surface area contributed by atoms with Crippen molar-refractivity contribution in [2.45, 2.75) is 50.6 Å². The van der Waals surface area contributed by atoms with Gasteiger partial charge in [0.1, 0.15) is 13.2 Å². The highest BCUT2D eigenvalue weighted by Crippen LogP contribution is 2.44. The van der Waals surface area contributed by atoms with E-state index in [1.165, 1.54) is 10.5 Å². The normalized spacial score (nSPS) is 15.8. The van der Waals surface area contributed by atoms with Gasteiger partial charge in [-0.2, -0.15) is 0 Å². The third kappa shape index (κ3) is 6.82. The standard InChI is InChI=1S/C34H39N3O5/c1-2-18-37(23-32(39)40)31(38)21-34(16-19-36(20-17-34)22-25-10-4-3-5-11-25)35-33(41)42-24-30-28-14-8-6-12-26(28)27-13-7-9-15-29(27)30/h3-15,30H,2,16-24H2,1H3,(H,35,41)(H,39,40). The summed E-state index contributed by atoms with van der Waals surface area (Å²) >= 11 is 0. The van der Waals surface area contributed by atoms with Gasteiger partial charge in [-0.3, -0.25) is 14.5 Å². The first-order valence-electron chi connectivity index (χ1n) is 14.8. The number of benzene rings is 3. The number of carbonyl (C=O) groups is 3. The minimum absolute atomic E-state index is 0.0314. The van der Waals surface area contributed by atoms with E-state index in [9.17, 15) is 19.5 Å². The molecule has 0 unspecified atom stereocenters. The number of nitrogens with zero attached hydrogens (tertiary/aromatic N) is 2. The first-order chi connectivity index (χ1) is 20.4. The van der Waals surface area contributed by atoms with Crippen LogP contribution in [0, 0.1) is 0 Å². The number of hydrogen-bond acceptors (Lipinski definition) is 5. The molecule has 3 aromatic rings. The minimum atomic E-state index is -1.05. The summed E-state index contributed by atoms with van der Waals surface area (Å²) in [6, 6.07) is 26.6. The van der Waals surface area contributed by atoms with E-state index < -0.39 is 17.6 Å². The van der Waals surface area contributed by atoms with Gasteiger partial charge in [-0.25, -0.2) is 4.79 Å². The molecule has 0 spiro atoms. The number of aliphatic carboxylic acids is 1. The van der Waals surface area contributed by atoms with E-state index in [0.717, 1.165) is 28.8 Å². The van der Waals surface area contributed by atoms with Crippen molar-refractivity contribution in [3.8, 4) is 11.1 Å². The third-order valence-corrected chi connectivity index (χ3v) is 8.44. The molecule has 1 saturated heterocycles. The van der Waals surface area contributed by atoms with E-state index in [4.69, 9.17) is 4.74 Å². The van der Waals surface area contributed by atoms with Crippen molar-refractivity contribution in [3.05, 3.63) is 95.6 Å². The van der Waals surface area contributed by atoms with Crippen molar-refractivity contribution >= 4 is 18.0 Å². The summed E-state index contributed by atoms with van der Waals surface area (Å²) < 4.78 is 5.86. The lowest BCUT2D eigenvalue weighted by molar-refractivity contribution is -0.145. The molecule has 5 rings (SSSR count). The van der Waals surface area contributed by atoms with Crippen LogP contribution >= 0.6 is 0 Å². The van der Waals surface area contributed by atoms with Gasteiger partial charge in [0.25, 0.3) is 0 Å². The zero-order valence-corrected chi connectivity index (χ0v) is 24.1.